The fraction of sp³-hybridized carbons (Fsp3) is 0.562. The van der Waals surface area contributed by atoms with E-state index in [0.717, 1.165) is 0 Å². The summed E-state index contributed by atoms with van der Waals surface area (Å²) < 4.78 is 32.3. The lowest BCUT2D eigenvalue weighted by molar-refractivity contribution is -0.115. The van der Waals surface area contributed by atoms with E-state index in [1.54, 1.807) is 26.0 Å². The lowest BCUT2D eigenvalue weighted by Gasteiger charge is -2.27. The van der Waals surface area contributed by atoms with E-state index in [0.29, 0.717) is 43.3 Å². The number of carbonyl (C=O) groups excluding carboxylic acids is 1. The highest BCUT2D eigenvalue weighted by Gasteiger charge is 2.28. The molecule has 0 saturated carbocycles. The van der Waals surface area contributed by atoms with Gasteiger partial charge in [-0.15, -0.1) is 11.8 Å². The van der Waals surface area contributed by atoms with Gasteiger partial charge >= 0.3 is 0 Å². The maximum atomic E-state index is 12.8. The third-order valence-electron chi connectivity index (χ3n) is 3.87. The summed E-state index contributed by atoms with van der Waals surface area (Å²) in [5.74, 6) is 0.246. The fourth-order valence-electron chi connectivity index (χ4n) is 2.43. The maximum Gasteiger partial charge on any atom is 0.243 e. The molecule has 1 aromatic rings. The number of nitrogens with one attached hydrogen (secondary N) is 1. The van der Waals surface area contributed by atoms with Crippen LogP contribution in [0.4, 0.5) is 5.69 Å². The van der Waals surface area contributed by atoms with Crippen molar-refractivity contribution < 1.29 is 23.1 Å². The molecule has 1 aromatic carbocycles. The number of benzene rings is 1. The second kappa shape index (κ2) is 9.00. The van der Waals surface area contributed by atoms with Crippen LogP contribution in [-0.2, 0) is 19.6 Å². The van der Waals surface area contributed by atoms with Crippen LogP contribution in [0.5, 0.6) is 0 Å². The molecule has 0 radical (unpaired) electrons. The summed E-state index contributed by atoms with van der Waals surface area (Å²) in [6.45, 7) is 4.91. The first-order chi connectivity index (χ1) is 11.9. The van der Waals surface area contributed by atoms with Gasteiger partial charge in [0.1, 0.15) is 0 Å². The minimum Gasteiger partial charge on any atom is -0.396 e. The van der Waals surface area contributed by atoms with E-state index < -0.39 is 10.0 Å². The Balaban J connectivity index is 2.18. The van der Waals surface area contributed by atoms with E-state index in [4.69, 9.17) is 9.84 Å². The van der Waals surface area contributed by atoms with Gasteiger partial charge in [0, 0.05) is 24.5 Å². The van der Waals surface area contributed by atoms with Gasteiger partial charge in [0.05, 0.1) is 30.0 Å². The second-order valence-electron chi connectivity index (χ2n) is 5.72. The van der Waals surface area contributed by atoms with Crippen molar-refractivity contribution in [3.05, 3.63) is 23.8 Å². The average molecular weight is 389 g/mol. The molecule has 0 aliphatic carbocycles. The van der Waals surface area contributed by atoms with E-state index in [-0.39, 0.29) is 22.7 Å². The van der Waals surface area contributed by atoms with Gasteiger partial charge in [0.15, 0.2) is 0 Å². The van der Waals surface area contributed by atoms with Crippen LogP contribution in [0.2, 0.25) is 0 Å². The monoisotopic (exact) mass is 388 g/mol. The van der Waals surface area contributed by atoms with Crippen LogP contribution < -0.4 is 5.32 Å². The van der Waals surface area contributed by atoms with Crippen LogP contribution in [0.15, 0.2) is 23.1 Å². The van der Waals surface area contributed by atoms with Crippen LogP contribution in [0.25, 0.3) is 0 Å². The fourth-order valence-corrected chi connectivity index (χ4v) is 4.76. The number of rotatable bonds is 7. The van der Waals surface area contributed by atoms with Gasteiger partial charge in [0.2, 0.25) is 15.9 Å². The largest absolute Gasteiger partial charge is 0.396 e. The third-order valence-corrected chi connectivity index (χ3v) is 7.04. The van der Waals surface area contributed by atoms with Crippen molar-refractivity contribution in [3.8, 4) is 0 Å². The van der Waals surface area contributed by atoms with Crippen molar-refractivity contribution in [1.29, 1.82) is 0 Å². The Hall–Kier alpha value is -1.13. The van der Waals surface area contributed by atoms with E-state index in [2.05, 4.69) is 5.32 Å². The highest BCUT2D eigenvalue weighted by atomic mass is 32.2. The van der Waals surface area contributed by atoms with Crippen molar-refractivity contribution in [3.63, 3.8) is 0 Å². The molecule has 0 bridgehead atoms. The molecular weight excluding hydrogens is 364 g/mol. The maximum absolute atomic E-state index is 12.8. The van der Waals surface area contributed by atoms with Gasteiger partial charge in [-0.05, 0) is 31.5 Å². The van der Waals surface area contributed by atoms with E-state index >= 15 is 0 Å². The van der Waals surface area contributed by atoms with Crippen molar-refractivity contribution in [2.75, 3.05) is 44.0 Å². The molecular formula is C16H24N2O5S2. The normalized spacial score (nSPS) is 17.2. The summed E-state index contributed by atoms with van der Waals surface area (Å²) in [7, 11) is -3.62. The van der Waals surface area contributed by atoms with Crippen LogP contribution >= 0.6 is 11.8 Å². The Morgan fingerprint density at radius 2 is 2.08 bits per heavy atom. The molecule has 0 spiro atoms. The number of aryl methyl sites for hydroxylation is 1. The zero-order valence-corrected chi connectivity index (χ0v) is 16.0. The summed E-state index contributed by atoms with van der Waals surface area (Å²) in [4.78, 5) is 12.4. The highest BCUT2D eigenvalue weighted by Crippen LogP contribution is 2.25. The number of carbonyl (C=O) groups is 1. The number of nitrogens with zero attached hydrogens (tertiary/aromatic N) is 1. The molecule has 1 fully saturated rings. The van der Waals surface area contributed by atoms with Crippen LogP contribution in [0.3, 0.4) is 0 Å². The standard InChI is InChI=1S/C16H24N2O5S2/c1-12-3-4-14(17-16(20)13(2)24-10-7-19)11-15(12)25(21,22)18-5-8-23-9-6-18/h3-4,11,13,19H,5-10H2,1-2H3,(H,17,20)/t13-/m0/s1. The van der Waals surface area contributed by atoms with Gasteiger partial charge in [-0.2, -0.15) is 4.31 Å². The molecule has 0 aromatic heterocycles. The molecule has 2 rings (SSSR count). The predicted octanol–water partition coefficient (Wildman–Crippen LogP) is 1.07. The van der Waals surface area contributed by atoms with Gasteiger partial charge in [-0.25, -0.2) is 8.42 Å². The van der Waals surface area contributed by atoms with E-state index in [1.807, 2.05) is 0 Å². The summed E-state index contributed by atoms with van der Waals surface area (Å²) in [5.41, 5.74) is 1.08. The zero-order valence-electron chi connectivity index (χ0n) is 14.4. The Kier molecular flexibility index (Phi) is 7.26. The molecule has 140 valence electrons. The number of thioether (sulfide) groups is 1. The number of amides is 1. The molecule has 0 unspecified atom stereocenters. The summed E-state index contributed by atoms with van der Waals surface area (Å²) in [6, 6.07) is 4.88. The number of hydrogen-bond acceptors (Lipinski definition) is 6. The smallest absolute Gasteiger partial charge is 0.243 e. The lowest BCUT2D eigenvalue weighted by atomic mass is 10.2. The van der Waals surface area contributed by atoms with Crippen LogP contribution in [0.1, 0.15) is 12.5 Å². The van der Waals surface area contributed by atoms with Gasteiger partial charge in [-0.3, -0.25) is 4.79 Å². The van der Waals surface area contributed by atoms with Crippen LogP contribution in [0, 0.1) is 6.92 Å². The molecule has 25 heavy (non-hydrogen) atoms. The Morgan fingerprint density at radius 1 is 1.40 bits per heavy atom. The van der Waals surface area contributed by atoms with Crippen LogP contribution in [-0.4, -0.2) is 67.6 Å². The van der Waals surface area contributed by atoms with E-state index in [1.165, 1.54) is 22.1 Å². The third kappa shape index (κ3) is 5.18. The number of sulfonamides is 1. The number of morpholine rings is 1. The molecule has 1 aliphatic heterocycles. The lowest BCUT2D eigenvalue weighted by Crippen LogP contribution is -2.40. The Labute approximate surface area is 152 Å². The molecule has 2 N–H and O–H groups in total. The van der Waals surface area contributed by atoms with Gasteiger partial charge in [0.25, 0.3) is 0 Å². The summed E-state index contributed by atoms with van der Waals surface area (Å²) in [5, 5.41) is 11.2. The molecule has 9 heteroatoms. The molecule has 7 nitrogen and oxygen atoms in total. The van der Waals surface area contributed by atoms with Crippen molar-refractivity contribution in [2.24, 2.45) is 0 Å². The first kappa shape index (κ1) is 20.2. The van der Waals surface area contributed by atoms with E-state index in [9.17, 15) is 13.2 Å². The van der Waals surface area contributed by atoms with Crippen molar-refractivity contribution >= 4 is 33.4 Å². The average Bonchev–Trinajstić information content (AvgIpc) is 2.61. The number of anilines is 1. The number of hydrogen-bond donors (Lipinski definition) is 2. The first-order valence-electron chi connectivity index (χ1n) is 8.08. The number of ether oxygens (including phenoxy) is 1. The van der Waals surface area contributed by atoms with Gasteiger partial charge < -0.3 is 15.2 Å². The minimum atomic E-state index is -3.62. The second-order valence-corrected chi connectivity index (χ2v) is 9.08. The topological polar surface area (TPSA) is 95.9 Å². The molecule has 1 saturated heterocycles. The Morgan fingerprint density at radius 3 is 2.72 bits per heavy atom. The summed E-state index contributed by atoms with van der Waals surface area (Å²) in [6.07, 6.45) is 0. The molecule has 1 aliphatic rings. The molecule has 1 amide bonds. The number of aliphatic hydroxyl groups excluding tert-OH is 1. The Bertz CT molecular complexity index is 702. The SMILES string of the molecule is Cc1ccc(NC(=O)[C@H](C)SCCO)cc1S(=O)(=O)N1CCOCC1. The quantitative estimate of drug-likeness (QED) is 0.725. The van der Waals surface area contributed by atoms with Gasteiger partial charge in [-0.1, -0.05) is 6.07 Å². The number of aliphatic hydroxyl groups is 1. The molecule has 1 atom stereocenters. The summed E-state index contributed by atoms with van der Waals surface area (Å²) >= 11 is 1.34. The predicted molar refractivity (Wildman–Crippen MR) is 98.4 cm³/mol. The highest BCUT2D eigenvalue weighted by molar-refractivity contribution is 8.00. The molecule has 1 heterocycles. The first-order valence-corrected chi connectivity index (χ1v) is 10.6. The minimum absolute atomic E-state index is 0.00869. The van der Waals surface area contributed by atoms with Crippen molar-refractivity contribution in [2.45, 2.75) is 24.0 Å². The van der Waals surface area contributed by atoms with Crippen molar-refractivity contribution in [1.82, 2.24) is 4.31 Å². The zero-order chi connectivity index (χ0) is 18.4.